The van der Waals surface area contributed by atoms with Crippen LogP contribution in [-0.4, -0.2) is 24.9 Å². The van der Waals surface area contributed by atoms with Crippen molar-refractivity contribution in [3.05, 3.63) is 0 Å². The molecule has 0 heterocycles. The SMILES string of the molecule is CCCCCCCCCOOCCCCCCCCO. The van der Waals surface area contributed by atoms with Gasteiger partial charge in [0.05, 0.1) is 13.2 Å². The van der Waals surface area contributed by atoms with E-state index in [4.69, 9.17) is 14.9 Å². The van der Waals surface area contributed by atoms with Crippen molar-refractivity contribution in [3.8, 4) is 0 Å². The highest BCUT2D eigenvalue weighted by Gasteiger charge is 1.94. The molecule has 0 aliphatic heterocycles. The molecule has 3 nitrogen and oxygen atoms in total. The maximum atomic E-state index is 8.64. The highest BCUT2D eigenvalue weighted by atomic mass is 17.2. The largest absolute Gasteiger partial charge is 0.396 e. The lowest BCUT2D eigenvalue weighted by Gasteiger charge is -2.04. The van der Waals surface area contributed by atoms with Gasteiger partial charge in [-0.3, -0.25) is 0 Å². The second kappa shape index (κ2) is 18.9. The van der Waals surface area contributed by atoms with Crippen LogP contribution in [0, 0.1) is 0 Å². The number of aliphatic hydroxyl groups excluding tert-OH is 1. The van der Waals surface area contributed by atoms with Crippen molar-refractivity contribution in [2.75, 3.05) is 19.8 Å². The number of hydrogen-bond acceptors (Lipinski definition) is 3. The normalized spacial score (nSPS) is 11.1. The Morgan fingerprint density at radius 1 is 0.550 bits per heavy atom. The van der Waals surface area contributed by atoms with E-state index in [9.17, 15) is 0 Å². The zero-order valence-corrected chi connectivity index (χ0v) is 13.6. The van der Waals surface area contributed by atoms with Gasteiger partial charge < -0.3 is 5.11 Å². The molecule has 0 fully saturated rings. The van der Waals surface area contributed by atoms with Gasteiger partial charge in [-0.1, -0.05) is 71.1 Å². The minimum atomic E-state index is 0.329. The molecule has 20 heavy (non-hydrogen) atoms. The first kappa shape index (κ1) is 19.9. The summed E-state index contributed by atoms with van der Waals surface area (Å²) >= 11 is 0. The van der Waals surface area contributed by atoms with Gasteiger partial charge in [0, 0.05) is 6.61 Å². The van der Waals surface area contributed by atoms with Crippen LogP contribution in [0.25, 0.3) is 0 Å². The summed E-state index contributed by atoms with van der Waals surface area (Å²) in [6.07, 6.45) is 16.0. The number of hydrogen-bond donors (Lipinski definition) is 1. The van der Waals surface area contributed by atoms with Gasteiger partial charge in [0.15, 0.2) is 0 Å². The molecule has 0 spiro atoms. The van der Waals surface area contributed by atoms with E-state index in [1.54, 1.807) is 0 Å². The quantitative estimate of drug-likeness (QED) is 0.232. The predicted octanol–water partition coefficient (Wildman–Crippen LogP) is 5.02. The van der Waals surface area contributed by atoms with Gasteiger partial charge in [0.1, 0.15) is 0 Å². The first-order valence-electron chi connectivity index (χ1n) is 8.77. The molecule has 0 unspecified atom stereocenters. The van der Waals surface area contributed by atoms with Gasteiger partial charge in [-0.25, -0.2) is 9.78 Å². The highest BCUT2D eigenvalue weighted by Crippen LogP contribution is 2.07. The van der Waals surface area contributed by atoms with Crippen LogP contribution >= 0.6 is 0 Å². The van der Waals surface area contributed by atoms with Crippen LogP contribution in [0.1, 0.15) is 90.4 Å². The lowest BCUT2D eigenvalue weighted by Crippen LogP contribution is -1.99. The van der Waals surface area contributed by atoms with E-state index in [-0.39, 0.29) is 0 Å². The third-order valence-corrected chi connectivity index (χ3v) is 3.55. The Hall–Kier alpha value is -0.120. The molecule has 0 atom stereocenters. The average molecular weight is 288 g/mol. The maximum absolute atomic E-state index is 8.64. The van der Waals surface area contributed by atoms with E-state index in [1.165, 1.54) is 57.8 Å². The molecule has 0 saturated heterocycles. The van der Waals surface area contributed by atoms with Crippen molar-refractivity contribution < 1.29 is 14.9 Å². The molecule has 0 radical (unpaired) electrons. The summed E-state index contributed by atoms with van der Waals surface area (Å²) in [6, 6.07) is 0. The summed E-state index contributed by atoms with van der Waals surface area (Å²) in [6.45, 7) is 4.04. The smallest absolute Gasteiger partial charge is 0.0822 e. The summed E-state index contributed by atoms with van der Waals surface area (Å²) in [5.41, 5.74) is 0. The van der Waals surface area contributed by atoms with Crippen LogP contribution in [0.4, 0.5) is 0 Å². The lowest BCUT2D eigenvalue weighted by molar-refractivity contribution is -0.295. The molecule has 0 bridgehead atoms. The Morgan fingerprint density at radius 3 is 1.40 bits per heavy atom. The summed E-state index contributed by atoms with van der Waals surface area (Å²) in [5, 5.41) is 8.64. The van der Waals surface area contributed by atoms with Crippen LogP contribution in [-0.2, 0) is 9.78 Å². The van der Waals surface area contributed by atoms with Gasteiger partial charge in [-0.15, -0.1) is 0 Å². The number of aliphatic hydroxyl groups is 1. The fourth-order valence-electron chi connectivity index (χ4n) is 2.22. The second-order valence-corrected chi connectivity index (χ2v) is 5.61. The van der Waals surface area contributed by atoms with Crippen LogP contribution in [0.5, 0.6) is 0 Å². The molecule has 3 heteroatoms. The average Bonchev–Trinajstić information content (AvgIpc) is 2.47. The van der Waals surface area contributed by atoms with Gasteiger partial charge in [-0.2, -0.15) is 0 Å². The number of rotatable bonds is 17. The molecule has 0 aromatic heterocycles. The summed E-state index contributed by atoms with van der Waals surface area (Å²) in [7, 11) is 0. The Kier molecular flexibility index (Phi) is 18.8. The molecule has 0 saturated carbocycles. The van der Waals surface area contributed by atoms with Crippen LogP contribution in [0.3, 0.4) is 0 Å². The van der Waals surface area contributed by atoms with Crippen molar-refractivity contribution in [3.63, 3.8) is 0 Å². The van der Waals surface area contributed by atoms with Crippen LogP contribution in [0.15, 0.2) is 0 Å². The first-order valence-corrected chi connectivity index (χ1v) is 8.77. The molecule has 0 aliphatic carbocycles. The van der Waals surface area contributed by atoms with Crippen molar-refractivity contribution in [1.82, 2.24) is 0 Å². The minimum Gasteiger partial charge on any atom is -0.396 e. The zero-order valence-electron chi connectivity index (χ0n) is 13.6. The molecule has 0 aromatic carbocycles. The van der Waals surface area contributed by atoms with Gasteiger partial charge in [0.2, 0.25) is 0 Å². The predicted molar refractivity (Wildman–Crippen MR) is 84.7 cm³/mol. The summed E-state index contributed by atoms with van der Waals surface area (Å²) < 4.78 is 0. The van der Waals surface area contributed by atoms with E-state index >= 15 is 0 Å². The third-order valence-electron chi connectivity index (χ3n) is 3.55. The Morgan fingerprint density at radius 2 is 0.950 bits per heavy atom. The van der Waals surface area contributed by atoms with E-state index < -0.39 is 0 Å². The topological polar surface area (TPSA) is 38.7 Å². The Balaban J connectivity index is 2.89. The van der Waals surface area contributed by atoms with Gasteiger partial charge in [0.25, 0.3) is 0 Å². The lowest BCUT2D eigenvalue weighted by atomic mass is 10.1. The van der Waals surface area contributed by atoms with E-state index in [1.807, 2.05) is 0 Å². The highest BCUT2D eigenvalue weighted by molar-refractivity contribution is 4.45. The van der Waals surface area contributed by atoms with Crippen LogP contribution < -0.4 is 0 Å². The Bertz CT molecular complexity index is 144. The standard InChI is InChI=1S/C17H36O3/c1-2-3-4-5-7-10-13-16-19-20-17-14-11-8-6-9-12-15-18/h18H,2-17H2,1H3. The Labute approximate surface area is 126 Å². The van der Waals surface area contributed by atoms with Crippen molar-refractivity contribution in [2.45, 2.75) is 90.4 Å². The molecule has 0 aliphatic rings. The first-order chi connectivity index (χ1) is 9.91. The minimum absolute atomic E-state index is 0.329. The van der Waals surface area contributed by atoms with Crippen molar-refractivity contribution in [2.24, 2.45) is 0 Å². The molecule has 0 aromatic rings. The fourth-order valence-corrected chi connectivity index (χ4v) is 2.22. The second-order valence-electron chi connectivity index (χ2n) is 5.61. The summed E-state index contributed by atoms with van der Waals surface area (Å²) in [5.74, 6) is 0. The van der Waals surface area contributed by atoms with Crippen molar-refractivity contribution >= 4 is 0 Å². The van der Waals surface area contributed by atoms with Gasteiger partial charge >= 0.3 is 0 Å². The zero-order chi connectivity index (χ0) is 14.7. The van der Waals surface area contributed by atoms with E-state index in [2.05, 4.69) is 6.92 Å². The fraction of sp³-hybridized carbons (Fsp3) is 1.00. The molecule has 122 valence electrons. The van der Waals surface area contributed by atoms with Crippen LogP contribution in [0.2, 0.25) is 0 Å². The van der Waals surface area contributed by atoms with Crippen molar-refractivity contribution in [1.29, 1.82) is 0 Å². The molecular weight excluding hydrogens is 252 g/mol. The van der Waals surface area contributed by atoms with E-state index in [0.29, 0.717) is 6.61 Å². The van der Waals surface area contributed by atoms with Gasteiger partial charge in [-0.05, 0) is 19.3 Å². The maximum Gasteiger partial charge on any atom is 0.0822 e. The third kappa shape index (κ3) is 17.9. The monoisotopic (exact) mass is 288 g/mol. The molecular formula is C17H36O3. The summed E-state index contributed by atoms with van der Waals surface area (Å²) in [4.78, 5) is 10.3. The number of unbranched alkanes of at least 4 members (excludes halogenated alkanes) is 11. The molecule has 0 rings (SSSR count). The molecule has 0 amide bonds. The van der Waals surface area contributed by atoms with E-state index in [0.717, 1.165) is 38.9 Å². The molecule has 1 N–H and O–H groups in total.